The van der Waals surface area contributed by atoms with Crippen molar-refractivity contribution in [1.82, 2.24) is 49.9 Å². The minimum Gasteiger partial charge on any atom is -0.478 e. The number of alkyl halides is 1. The zero-order valence-electron chi connectivity index (χ0n) is 69.3. The van der Waals surface area contributed by atoms with Crippen molar-refractivity contribution in [2.24, 2.45) is 22.2 Å². The number of rotatable bonds is 11. The highest BCUT2D eigenvalue weighted by atomic mass is 79.9. The number of pyridine rings is 2. The monoisotopic (exact) mass is 1810 g/mol. The molecule has 21 nitrogen and oxygen atoms in total. The molecule has 676 valence electrons. The Morgan fingerprint density at radius 1 is 0.422 bits per heavy atom. The minimum atomic E-state index is -1.02. The molecule has 3 amide bonds. The molecule has 4 fully saturated rings. The topological polar surface area (TPSA) is 301 Å². The molecule has 0 atom stereocenters. The largest absolute Gasteiger partial charge is 0.478 e. The van der Waals surface area contributed by atoms with E-state index in [1.54, 1.807) is 58.7 Å². The Balaban J connectivity index is 0.000000404. The van der Waals surface area contributed by atoms with Gasteiger partial charge in [-0.3, -0.25) is 14.8 Å². The van der Waals surface area contributed by atoms with Gasteiger partial charge >= 0.3 is 18.2 Å². The van der Waals surface area contributed by atoms with Crippen LogP contribution in [0, 0.1) is 67.5 Å². The maximum atomic E-state index is 13.4. The van der Waals surface area contributed by atoms with E-state index >= 15 is 0 Å². The van der Waals surface area contributed by atoms with Crippen molar-refractivity contribution < 1.29 is 33.8 Å². The number of piperidine rings is 4. The van der Waals surface area contributed by atoms with Crippen LogP contribution in [0.4, 0.5) is 9.59 Å². The van der Waals surface area contributed by atoms with Gasteiger partial charge in [0.15, 0.2) is 0 Å². The second kappa shape index (κ2) is 51.9. The van der Waals surface area contributed by atoms with Crippen LogP contribution in [-0.4, -0.2) is 137 Å². The quantitative estimate of drug-likeness (QED) is 0.114. The number of fused-ring (bicyclic) bond motifs is 4. The van der Waals surface area contributed by atoms with Crippen molar-refractivity contribution >= 4 is 95.5 Å². The summed E-state index contributed by atoms with van der Waals surface area (Å²) in [5.74, 6) is -0.991. The first kappa shape index (κ1) is 110. The number of nitriles is 4. The molecule has 4 saturated heterocycles. The summed E-state index contributed by atoms with van der Waals surface area (Å²) in [5, 5.41) is 61.3. The second-order valence-electron chi connectivity index (χ2n) is 32.7. The maximum Gasteiger partial charge on any atom is 0.410 e. The van der Waals surface area contributed by atoms with Gasteiger partial charge in [-0.25, -0.2) is 34.3 Å². The Morgan fingerprint density at radius 2 is 0.750 bits per heavy atom. The zero-order chi connectivity index (χ0) is 85.1. The Hall–Kier alpha value is -12.6. The van der Waals surface area contributed by atoms with E-state index in [-0.39, 0.29) is 99.4 Å². The first-order chi connectivity index (χ1) is 57.9. The van der Waals surface area contributed by atoms with Crippen LogP contribution < -0.4 is 5.32 Å². The number of nitrogens with zero attached hydrogens (tertiary/aromatic N) is 13. The first-order valence-electron chi connectivity index (χ1n) is 40.6. The van der Waals surface area contributed by atoms with E-state index in [1.165, 1.54) is 84.7 Å². The highest BCUT2D eigenvalue weighted by Gasteiger charge is 2.40. The van der Waals surface area contributed by atoms with Gasteiger partial charge in [-0.05, 0) is 227 Å². The van der Waals surface area contributed by atoms with Crippen LogP contribution in [0.15, 0.2) is 244 Å². The van der Waals surface area contributed by atoms with E-state index in [9.17, 15) is 35.0 Å². The summed E-state index contributed by atoms with van der Waals surface area (Å²) in [4.78, 5) is 77.7. The number of hydrogen-bond acceptors (Lipinski definition) is 17. The lowest BCUT2D eigenvalue weighted by molar-refractivity contribution is 0.0146. The SMILES string of the molecule is BrCc1ccc2ccccc2c1.C.C.C.C.C.C.C.CC(C)(C)OC(=O)N1CCC(C#N)(Cc2ccc3ccccc3c2)CC1.CC(C)(C)OC(=O)N1CCC(C#N)CC1.Cl.N#CC1(Cc2ccc3ccccc3c2)CCN(C(=O)c2cccnc2-c2ccncn2)CC1.N#CC1(Cc2ccc3ccccc3c2)CCNCC1.O=C(O)c1cccnc1-c1ccncn1. The fourth-order valence-corrected chi connectivity index (χ4v) is 15.5. The summed E-state index contributed by atoms with van der Waals surface area (Å²) in [6.45, 7) is 16.6. The number of carbonyl (C=O) groups is 4. The van der Waals surface area contributed by atoms with E-state index in [4.69, 9.17) is 19.8 Å². The number of carbonyl (C=O) groups excluding carboxylic acids is 3. The van der Waals surface area contributed by atoms with Crippen molar-refractivity contribution in [3.63, 3.8) is 0 Å². The smallest absolute Gasteiger partial charge is 0.410 e. The third kappa shape index (κ3) is 30.9. The third-order valence-corrected chi connectivity index (χ3v) is 22.4. The average Bonchev–Trinajstić information content (AvgIpc) is 0.791. The first-order valence-corrected chi connectivity index (χ1v) is 41.7. The molecule has 0 radical (unpaired) electrons. The molecular formula is C105H130BrClN14O7. The van der Waals surface area contributed by atoms with Gasteiger partial charge in [-0.15, -0.1) is 12.4 Å². The maximum absolute atomic E-state index is 13.4. The van der Waals surface area contributed by atoms with Crippen molar-refractivity contribution in [2.45, 2.75) is 181 Å². The van der Waals surface area contributed by atoms with Gasteiger partial charge in [0.25, 0.3) is 5.91 Å². The molecule has 2 N–H and O–H groups in total. The predicted octanol–water partition coefficient (Wildman–Crippen LogP) is 24.9. The molecule has 16 rings (SSSR count). The summed E-state index contributed by atoms with van der Waals surface area (Å²) in [6.07, 6.45) is 17.0. The summed E-state index contributed by atoms with van der Waals surface area (Å²) in [6, 6.07) is 79.1. The highest BCUT2D eigenvalue weighted by Crippen LogP contribution is 2.39. The zero-order valence-corrected chi connectivity index (χ0v) is 71.7. The van der Waals surface area contributed by atoms with Gasteiger partial charge in [0.1, 0.15) is 35.2 Å². The molecular weight excluding hydrogens is 1680 g/mol. The molecule has 128 heavy (non-hydrogen) atoms. The molecule has 0 bridgehead atoms. The van der Waals surface area contributed by atoms with Crippen LogP contribution in [0.25, 0.3) is 65.9 Å². The Labute approximate surface area is 774 Å². The number of carboxylic acids is 1. The van der Waals surface area contributed by atoms with E-state index in [2.05, 4.69) is 221 Å². The lowest BCUT2D eigenvalue weighted by atomic mass is 9.75. The molecule has 0 unspecified atom stereocenters. The van der Waals surface area contributed by atoms with Crippen LogP contribution in [0.1, 0.15) is 188 Å². The summed E-state index contributed by atoms with van der Waals surface area (Å²) in [5.41, 5.74) is 5.64. The molecule has 0 saturated carbocycles. The van der Waals surface area contributed by atoms with E-state index in [1.807, 2.05) is 70.7 Å². The lowest BCUT2D eigenvalue weighted by Gasteiger charge is -2.38. The molecule has 4 aliphatic heterocycles. The van der Waals surface area contributed by atoms with Gasteiger partial charge in [-0.2, -0.15) is 21.0 Å². The van der Waals surface area contributed by atoms with E-state index in [0.717, 1.165) is 62.5 Å². The third-order valence-electron chi connectivity index (χ3n) is 21.7. The minimum absolute atomic E-state index is 0. The number of aromatic nitrogens is 6. The predicted molar refractivity (Wildman–Crippen MR) is 526 cm³/mol. The number of aromatic carboxylic acids is 1. The summed E-state index contributed by atoms with van der Waals surface area (Å²) in [7, 11) is 0. The molecule has 0 spiro atoms. The van der Waals surface area contributed by atoms with Gasteiger partial charge in [-0.1, -0.05) is 238 Å². The van der Waals surface area contributed by atoms with Crippen molar-refractivity contribution in [2.75, 3.05) is 52.4 Å². The highest BCUT2D eigenvalue weighted by molar-refractivity contribution is 9.08. The fourth-order valence-electron chi connectivity index (χ4n) is 15.1. The molecule has 12 aromatic rings. The number of ether oxygens (including phenoxy) is 2. The number of halogens is 2. The number of likely N-dealkylation sites (tertiary alicyclic amines) is 3. The van der Waals surface area contributed by atoms with Gasteiger partial charge in [0, 0.05) is 75.3 Å². The van der Waals surface area contributed by atoms with Crippen LogP contribution in [-0.2, 0) is 34.1 Å². The van der Waals surface area contributed by atoms with E-state index in [0.29, 0.717) is 99.7 Å². The molecule has 0 aliphatic carbocycles. The van der Waals surface area contributed by atoms with Gasteiger partial charge < -0.3 is 34.6 Å². The molecule has 4 aliphatic rings. The van der Waals surface area contributed by atoms with Crippen molar-refractivity contribution in [3.05, 3.63) is 277 Å². The number of amides is 3. The molecule has 8 aromatic carbocycles. The fraction of sp³-hybridized carbons (Fsp3) is 0.371. The van der Waals surface area contributed by atoms with E-state index < -0.39 is 28.0 Å². The number of hydrogen-bond donors (Lipinski definition) is 2. The Bertz CT molecular complexity index is 5670. The number of carboxylic acid groups (broad SMARTS) is 1. The number of benzene rings is 8. The standard InChI is InChI=1S/C27H23N5O.C22H26N2O2.C17H18N2.C11H9Br.C11H18N2O2.C10H7N3O2.7CH4.ClH/c28-18-27(17-20-7-8-21-4-1-2-5-22(21)16-20)10-14-32(15-11-27)26(33)23-6-3-12-30-25(23)24-9-13-29-19-31-24;1-21(2,3)26-20(25)24-12-10-22(16-23,11-13-24)15-17-8-9-18-6-4-5-7-19(18)14-17;18-13-17(7-9-19-10-8-17)12-14-5-6-15-3-1-2-4-16(15)11-14;12-8-9-5-6-10-3-1-2-4-11(10)7-9;1-11(2,3)15-10(14)13-6-4-9(8-12)5-7-13;14-10(15)7-2-1-4-12-9(7)8-3-5-11-6-13-8;;;;;;;;/h1-9,12-13,16,19H,10-11,14-15,17H2;4-9,14H,10-13,15H2,1-3H3;1-6,11,19H,7-10,12H2;1-7H,8H2;9H,4-7H2,1-3H3;1-6H,(H,14,15);7*1H4;1H. The Kier molecular flexibility index (Phi) is 44.4. The lowest BCUT2D eigenvalue weighted by Crippen LogP contribution is -2.45. The van der Waals surface area contributed by atoms with Crippen LogP contribution in [0.3, 0.4) is 0 Å². The van der Waals surface area contributed by atoms with Crippen LogP contribution in [0.2, 0.25) is 0 Å². The normalized spacial score (nSPS) is 14.3. The number of nitrogens with one attached hydrogen (secondary N) is 1. The van der Waals surface area contributed by atoms with Gasteiger partial charge in [0.05, 0.1) is 63.0 Å². The molecule has 4 aromatic heterocycles. The summed E-state index contributed by atoms with van der Waals surface area (Å²) >= 11 is 3.44. The Morgan fingerprint density at radius 3 is 1.09 bits per heavy atom. The van der Waals surface area contributed by atoms with Crippen molar-refractivity contribution in [3.8, 4) is 47.1 Å². The van der Waals surface area contributed by atoms with Crippen LogP contribution >= 0.6 is 28.3 Å². The average molecular weight is 1820 g/mol. The molecule has 23 heteroatoms. The summed E-state index contributed by atoms with van der Waals surface area (Å²) < 4.78 is 10.7. The van der Waals surface area contributed by atoms with Gasteiger partial charge in [0.2, 0.25) is 0 Å². The second-order valence-corrected chi connectivity index (χ2v) is 33.3. The molecule has 8 heterocycles. The van der Waals surface area contributed by atoms with Crippen molar-refractivity contribution in [1.29, 1.82) is 21.0 Å². The van der Waals surface area contributed by atoms with Crippen LogP contribution in [0.5, 0.6) is 0 Å².